The lowest BCUT2D eigenvalue weighted by atomic mass is 10.1. The Bertz CT molecular complexity index is 735. The zero-order valence-corrected chi connectivity index (χ0v) is 10.1. The van der Waals surface area contributed by atoms with Crippen LogP contribution in [0.3, 0.4) is 0 Å². The van der Waals surface area contributed by atoms with Crippen LogP contribution in [0.25, 0.3) is 11.0 Å². The van der Waals surface area contributed by atoms with E-state index in [2.05, 4.69) is 5.21 Å². The zero-order valence-electron chi connectivity index (χ0n) is 10.1. The van der Waals surface area contributed by atoms with Gasteiger partial charge >= 0.3 is 5.91 Å². The lowest BCUT2D eigenvalue weighted by Crippen LogP contribution is -2.31. The molecule has 19 heavy (non-hydrogen) atoms. The van der Waals surface area contributed by atoms with Gasteiger partial charge in [0, 0.05) is 0 Å². The summed E-state index contributed by atoms with van der Waals surface area (Å²) < 4.78 is 1.16. The van der Waals surface area contributed by atoms with Gasteiger partial charge < -0.3 is 5.21 Å². The minimum Gasteiger partial charge on any atom is -0.691 e. The molecule has 3 aromatic rings. The number of para-hydroxylation sites is 2. The Labute approximate surface area is 109 Å². The van der Waals surface area contributed by atoms with Crippen LogP contribution in [0.5, 0.6) is 0 Å². The smallest absolute Gasteiger partial charge is 0.339 e. The van der Waals surface area contributed by atoms with E-state index >= 15 is 0 Å². The number of nitrogens with zero attached hydrogens (tertiary/aromatic N) is 3. The van der Waals surface area contributed by atoms with E-state index in [1.54, 1.807) is 24.3 Å². The van der Waals surface area contributed by atoms with Crippen LogP contribution in [0.15, 0.2) is 54.6 Å². The molecule has 3 rings (SSSR count). The second-order valence-electron chi connectivity index (χ2n) is 4.22. The monoisotopic (exact) mass is 253 g/mol. The van der Waals surface area contributed by atoms with Crippen molar-refractivity contribution in [3.8, 4) is 0 Å². The van der Waals surface area contributed by atoms with E-state index in [4.69, 9.17) is 0 Å². The number of benzene rings is 2. The van der Waals surface area contributed by atoms with Crippen molar-refractivity contribution in [1.29, 1.82) is 0 Å². The fourth-order valence-electron chi connectivity index (χ4n) is 2.01. The molecule has 0 radical (unpaired) electrons. The van der Waals surface area contributed by atoms with E-state index in [-0.39, 0.29) is 12.3 Å². The van der Waals surface area contributed by atoms with E-state index in [1.807, 2.05) is 30.3 Å². The normalized spacial score (nSPS) is 10.7. The Morgan fingerprint density at radius 1 is 1.11 bits per heavy atom. The van der Waals surface area contributed by atoms with Crippen molar-refractivity contribution < 1.29 is 9.64 Å². The lowest BCUT2D eigenvalue weighted by molar-refractivity contribution is -0.645. The quantitative estimate of drug-likeness (QED) is 0.514. The van der Waals surface area contributed by atoms with Crippen LogP contribution >= 0.6 is 0 Å². The third-order valence-electron chi connectivity index (χ3n) is 2.92. The third kappa shape index (κ3) is 2.06. The summed E-state index contributed by atoms with van der Waals surface area (Å²) >= 11 is 0. The van der Waals surface area contributed by atoms with Gasteiger partial charge in [0.2, 0.25) is 11.0 Å². The van der Waals surface area contributed by atoms with E-state index < -0.39 is 0 Å². The summed E-state index contributed by atoms with van der Waals surface area (Å²) in [6, 6.07) is 16.2. The topological polar surface area (TPSA) is 61.8 Å². The van der Waals surface area contributed by atoms with Crippen LogP contribution in [-0.4, -0.2) is 15.8 Å². The summed E-state index contributed by atoms with van der Waals surface area (Å²) in [5, 5.41) is 15.3. The van der Waals surface area contributed by atoms with Crippen LogP contribution in [0.2, 0.25) is 0 Å². The van der Waals surface area contributed by atoms with Gasteiger partial charge in [0.1, 0.15) is 5.21 Å². The molecule has 1 aromatic heterocycles. The maximum Gasteiger partial charge on any atom is 0.339 e. The fraction of sp³-hybridized carbons (Fsp3) is 0.0714. The number of fused-ring (bicyclic) bond motifs is 1. The molecule has 0 bridgehead atoms. The van der Waals surface area contributed by atoms with Crippen LogP contribution in [-0.2, 0) is 6.42 Å². The van der Waals surface area contributed by atoms with Gasteiger partial charge in [-0.1, -0.05) is 47.1 Å². The Balaban J connectivity index is 1.98. The third-order valence-corrected chi connectivity index (χ3v) is 2.92. The van der Waals surface area contributed by atoms with Crippen LogP contribution in [0, 0.1) is 5.21 Å². The van der Waals surface area contributed by atoms with Gasteiger partial charge in [-0.2, -0.15) is 0 Å². The Morgan fingerprint density at radius 2 is 1.79 bits per heavy atom. The highest BCUT2D eigenvalue weighted by Gasteiger charge is 2.20. The molecule has 0 atom stereocenters. The van der Waals surface area contributed by atoms with Crippen LogP contribution in [0.4, 0.5) is 0 Å². The zero-order chi connectivity index (χ0) is 13.2. The van der Waals surface area contributed by atoms with Crippen molar-refractivity contribution >= 4 is 16.9 Å². The van der Waals surface area contributed by atoms with Crippen LogP contribution < -0.4 is 4.85 Å². The molecule has 0 saturated heterocycles. The van der Waals surface area contributed by atoms with Gasteiger partial charge in [0.15, 0.2) is 0 Å². The Hall–Kier alpha value is -2.69. The molecule has 0 saturated carbocycles. The molecule has 2 aromatic carbocycles. The molecule has 0 aliphatic carbocycles. The number of hydrogen-bond acceptors (Lipinski definition) is 3. The van der Waals surface area contributed by atoms with E-state index in [1.165, 1.54) is 0 Å². The summed E-state index contributed by atoms with van der Waals surface area (Å²) in [7, 11) is 0. The second-order valence-corrected chi connectivity index (χ2v) is 4.22. The molecule has 0 aliphatic rings. The summed E-state index contributed by atoms with van der Waals surface area (Å²) in [5.41, 5.74) is 1.81. The SMILES string of the molecule is O=C(Cc1ccccc1)n1n[n+]([O-])c2ccccc21. The number of hydrogen-bond donors (Lipinski definition) is 0. The summed E-state index contributed by atoms with van der Waals surface area (Å²) in [5.74, 6) is -0.225. The first-order valence-electron chi connectivity index (χ1n) is 5.90. The number of carbonyl (C=O) groups excluding carboxylic acids is 1. The first-order chi connectivity index (χ1) is 9.25. The maximum atomic E-state index is 12.2. The van der Waals surface area contributed by atoms with Gasteiger partial charge in [-0.05, 0) is 17.7 Å². The number of carbonyl (C=O) groups is 1. The van der Waals surface area contributed by atoms with Crippen LogP contribution in [0.1, 0.15) is 10.4 Å². The molecule has 1 heterocycles. The first kappa shape index (κ1) is 11.4. The molecular formula is C14H11N3O2. The standard InChI is InChI=1S/C14H11N3O2/c18-14(10-11-6-2-1-3-7-11)16-12-8-4-5-9-13(12)17(19)15-16/h1-9H,10H2. The summed E-state index contributed by atoms with van der Waals surface area (Å²) in [4.78, 5) is 12.7. The maximum absolute atomic E-state index is 12.2. The molecule has 0 unspecified atom stereocenters. The van der Waals surface area contributed by atoms with E-state index in [0.717, 1.165) is 10.2 Å². The Morgan fingerprint density at radius 3 is 2.58 bits per heavy atom. The molecule has 0 N–H and O–H groups in total. The highest BCUT2D eigenvalue weighted by molar-refractivity contribution is 5.88. The first-order valence-corrected chi connectivity index (χ1v) is 5.90. The molecular weight excluding hydrogens is 242 g/mol. The van der Waals surface area contributed by atoms with Gasteiger partial charge in [0.25, 0.3) is 0 Å². The highest BCUT2D eigenvalue weighted by Crippen LogP contribution is 2.10. The van der Waals surface area contributed by atoms with Crippen molar-refractivity contribution in [1.82, 2.24) is 9.90 Å². The second kappa shape index (κ2) is 4.53. The van der Waals surface area contributed by atoms with Gasteiger partial charge in [-0.25, -0.2) is 4.79 Å². The van der Waals surface area contributed by atoms with Crippen molar-refractivity contribution in [2.45, 2.75) is 6.42 Å². The van der Waals surface area contributed by atoms with Gasteiger partial charge in [-0.15, -0.1) is 4.85 Å². The molecule has 5 nitrogen and oxygen atoms in total. The summed E-state index contributed by atoms with van der Waals surface area (Å²) in [6.07, 6.45) is 0.215. The molecule has 0 amide bonds. The average Bonchev–Trinajstić information content (AvgIpc) is 2.78. The number of aromatic nitrogens is 3. The molecule has 0 aliphatic heterocycles. The fourth-order valence-corrected chi connectivity index (χ4v) is 2.01. The van der Waals surface area contributed by atoms with Gasteiger partial charge in [-0.3, -0.25) is 0 Å². The van der Waals surface area contributed by atoms with Crippen molar-refractivity contribution in [2.24, 2.45) is 0 Å². The average molecular weight is 253 g/mol. The summed E-state index contributed by atoms with van der Waals surface area (Å²) in [6.45, 7) is 0. The number of rotatable bonds is 2. The minimum atomic E-state index is -0.225. The molecule has 94 valence electrons. The molecule has 5 heteroatoms. The van der Waals surface area contributed by atoms with Gasteiger partial charge in [0.05, 0.1) is 6.42 Å². The van der Waals surface area contributed by atoms with Crippen molar-refractivity contribution in [3.63, 3.8) is 0 Å². The van der Waals surface area contributed by atoms with E-state index in [0.29, 0.717) is 15.9 Å². The predicted octanol–water partition coefficient (Wildman–Crippen LogP) is 1.55. The van der Waals surface area contributed by atoms with Crippen molar-refractivity contribution in [3.05, 3.63) is 65.4 Å². The minimum absolute atomic E-state index is 0.215. The highest BCUT2D eigenvalue weighted by atomic mass is 16.5. The van der Waals surface area contributed by atoms with E-state index in [9.17, 15) is 10.0 Å². The largest absolute Gasteiger partial charge is 0.691 e. The molecule has 0 spiro atoms. The lowest BCUT2D eigenvalue weighted by Gasteiger charge is -1.96. The predicted molar refractivity (Wildman–Crippen MR) is 69.5 cm³/mol. The molecule has 0 fully saturated rings. The Kier molecular flexibility index (Phi) is 2.72. The van der Waals surface area contributed by atoms with Crippen molar-refractivity contribution in [2.75, 3.05) is 0 Å².